The third-order valence-corrected chi connectivity index (χ3v) is 0. The van der Waals surface area contributed by atoms with Crippen LogP contribution in [0.5, 0.6) is 0 Å². The maximum atomic E-state index is 2.27. The predicted octanol–water partition coefficient (Wildman–Crippen LogP) is 1.09. The molecule has 0 heterocycles. The summed E-state index contributed by atoms with van der Waals surface area (Å²) in [4.78, 5) is 0. The van der Waals surface area contributed by atoms with E-state index in [-0.39, 0.29) is 24.7 Å². The molecule has 0 aliphatic carbocycles. The molecule has 5 heavy (non-hydrogen) atoms. The van der Waals surface area contributed by atoms with Crippen LogP contribution < -0.4 is 0 Å². The number of rotatable bonds is 0. The molecular weight excluding hydrogens is 126 g/mol. The van der Waals surface area contributed by atoms with Crippen molar-refractivity contribution in [2.24, 2.45) is 0 Å². The number of hydrogen-bond donors (Lipinski definition) is 0. The molecule has 0 aliphatic rings. The van der Waals surface area contributed by atoms with E-state index in [0.29, 0.717) is 0 Å². The van der Waals surface area contributed by atoms with Crippen LogP contribution in [0.3, 0.4) is 0 Å². The van der Waals surface area contributed by atoms with E-state index in [9.17, 15) is 0 Å². The summed E-state index contributed by atoms with van der Waals surface area (Å²) in [7, 11) is 0.120. The van der Waals surface area contributed by atoms with Gasteiger partial charge in [-0.3, -0.25) is 0 Å². The van der Waals surface area contributed by atoms with Crippen LogP contribution in [-0.2, 0) is 16.8 Å². The fraction of sp³-hybridized carbons (Fsp3) is 1.00. The molecule has 0 rings (SSSR count). The molecule has 0 unspecified atom stereocenters. The second-order valence-corrected chi connectivity index (χ2v) is 4.50. The van der Waals surface area contributed by atoms with Gasteiger partial charge in [0.05, 0.1) is 0 Å². The largest absolute Gasteiger partial charge is 0.0461 e. The Labute approximate surface area is 45.3 Å². The number of hydrogen-bond acceptors (Lipinski definition) is 0. The van der Waals surface area contributed by atoms with E-state index < -0.39 is 0 Å². The quantitative estimate of drug-likeness (QED) is 0.437. The molecule has 35 valence electrons. The van der Waals surface area contributed by atoms with Crippen LogP contribution in [0.2, 0.25) is 0 Å². The van der Waals surface area contributed by atoms with Gasteiger partial charge in [-0.05, 0) is 7.92 Å². The average molecular weight is 136 g/mol. The fourth-order valence-corrected chi connectivity index (χ4v) is 0. The van der Waals surface area contributed by atoms with Crippen molar-refractivity contribution < 1.29 is 16.8 Å². The molecule has 2 heteroatoms. The zero-order valence-electron chi connectivity index (χ0n) is 3.83. The van der Waals surface area contributed by atoms with Gasteiger partial charge in [-0.25, -0.2) is 0 Å². The first-order valence-electron chi connectivity index (χ1n) is 1.50. The van der Waals surface area contributed by atoms with E-state index in [0.717, 1.165) is 0 Å². The van der Waals surface area contributed by atoms with Crippen LogP contribution in [0.4, 0.5) is 0 Å². The van der Waals surface area contributed by atoms with Crippen molar-refractivity contribution in [1.29, 1.82) is 0 Å². The average Bonchev–Trinajstić information content (AvgIpc) is 0.811. The van der Waals surface area contributed by atoms with Gasteiger partial charge in [-0.2, -0.15) is 0 Å². The van der Waals surface area contributed by atoms with Crippen molar-refractivity contribution in [2.45, 2.75) is 0 Å². The second kappa shape index (κ2) is 4.94. The molecule has 0 amide bonds. The summed E-state index contributed by atoms with van der Waals surface area (Å²) in [5.74, 6) is 0. The Bertz CT molecular complexity index is 11.6. The molecule has 0 spiro atoms. The topological polar surface area (TPSA) is 0 Å². The maximum absolute atomic E-state index is 2.27. The fourth-order valence-electron chi connectivity index (χ4n) is 0. The van der Waals surface area contributed by atoms with Crippen molar-refractivity contribution >= 4 is 7.92 Å². The first-order chi connectivity index (χ1) is 1.73. The summed E-state index contributed by atoms with van der Waals surface area (Å²) in [6.07, 6.45) is 0. The molecule has 0 saturated heterocycles. The van der Waals surface area contributed by atoms with E-state index in [1.807, 2.05) is 0 Å². The summed E-state index contributed by atoms with van der Waals surface area (Å²) >= 11 is 0. The van der Waals surface area contributed by atoms with Crippen molar-refractivity contribution in [2.75, 3.05) is 20.0 Å². The summed E-state index contributed by atoms with van der Waals surface area (Å²) in [5.41, 5.74) is 0. The van der Waals surface area contributed by atoms with Gasteiger partial charge in [0.2, 0.25) is 0 Å². The van der Waals surface area contributed by atoms with E-state index in [1.165, 1.54) is 0 Å². The molecule has 0 atom stereocenters. The molecule has 0 saturated carbocycles. The van der Waals surface area contributed by atoms with Gasteiger partial charge in [0.1, 0.15) is 0 Å². The zero-order chi connectivity index (χ0) is 3.58. The molecule has 0 bridgehead atoms. The third-order valence-electron chi connectivity index (χ3n) is 0. The van der Waals surface area contributed by atoms with Crippen LogP contribution in [0, 0.1) is 0 Å². The molecule has 1 radical (unpaired) electrons. The first-order valence-corrected chi connectivity index (χ1v) is 4.50. The van der Waals surface area contributed by atoms with Crippen molar-refractivity contribution in [3.8, 4) is 0 Å². The van der Waals surface area contributed by atoms with Crippen molar-refractivity contribution in [3.05, 3.63) is 0 Å². The summed E-state index contributed by atoms with van der Waals surface area (Å²) < 4.78 is 0. The van der Waals surface area contributed by atoms with Crippen LogP contribution in [0.1, 0.15) is 0 Å². The van der Waals surface area contributed by atoms with Gasteiger partial charge in [0.25, 0.3) is 0 Å². The Kier molecular flexibility index (Phi) is 9.22. The summed E-state index contributed by atoms with van der Waals surface area (Å²) in [5, 5.41) is 0. The minimum Gasteiger partial charge on any atom is -0.00840 e. The maximum Gasteiger partial charge on any atom is 0.0461 e. The predicted molar refractivity (Wildman–Crippen MR) is 26.1 cm³/mol. The second-order valence-electron chi connectivity index (χ2n) is 1.50. The first kappa shape index (κ1) is 9.34. The van der Waals surface area contributed by atoms with Crippen LogP contribution in [-0.4, -0.2) is 20.0 Å². The Hall–Kier alpha value is 0.936. The van der Waals surface area contributed by atoms with E-state index >= 15 is 0 Å². The van der Waals surface area contributed by atoms with Gasteiger partial charge >= 0.3 is 0 Å². The molecule has 0 N–H and O–H groups in total. The minimum atomic E-state index is 0. The Morgan fingerprint density at radius 3 is 1.00 bits per heavy atom. The molecule has 0 aromatic carbocycles. The Morgan fingerprint density at radius 2 is 1.00 bits per heavy atom. The summed E-state index contributed by atoms with van der Waals surface area (Å²) in [6, 6.07) is 0. The molecule has 0 aromatic rings. The van der Waals surface area contributed by atoms with Crippen molar-refractivity contribution in [1.82, 2.24) is 0 Å². The molecular formula is C3H10CoP+. The Balaban J connectivity index is 0. The van der Waals surface area contributed by atoms with Crippen LogP contribution in [0.25, 0.3) is 0 Å². The third kappa shape index (κ3) is 48.5. The van der Waals surface area contributed by atoms with Gasteiger partial charge in [0.15, 0.2) is 0 Å². The molecule has 0 nitrogen and oxygen atoms in total. The monoisotopic (exact) mass is 136 g/mol. The normalized spacial score (nSPS) is 7.20. The van der Waals surface area contributed by atoms with Gasteiger partial charge in [-0.15, -0.1) is 0 Å². The van der Waals surface area contributed by atoms with Crippen LogP contribution >= 0.6 is 7.92 Å². The summed E-state index contributed by atoms with van der Waals surface area (Å²) in [6.45, 7) is 6.81. The van der Waals surface area contributed by atoms with Crippen molar-refractivity contribution in [3.63, 3.8) is 0 Å². The SMILES string of the molecule is C[PH+](C)C.[Co]. The van der Waals surface area contributed by atoms with Crippen LogP contribution in [0.15, 0.2) is 0 Å². The van der Waals surface area contributed by atoms with E-state index in [1.54, 1.807) is 0 Å². The smallest absolute Gasteiger partial charge is 0.00840 e. The minimum absolute atomic E-state index is 0. The van der Waals surface area contributed by atoms with E-state index in [2.05, 4.69) is 20.0 Å². The molecule has 0 aliphatic heterocycles. The Morgan fingerprint density at radius 1 is 1.00 bits per heavy atom. The zero-order valence-corrected chi connectivity index (χ0v) is 5.87. The standard InChI is InChI=1S/C3H9P.Co/c1-4(2)3;/h1-3H3;/p+1. The van der Waals surface area contributed by atoms with E-state index in [4.69, 9.17) is 0 Å². The van der Waals surface area contributed by atoms with Gasteiger partial charge < -0.3 is 0 Å². The van der Waals surface area contributed by atoms with Gasteiger partial charge in [0, 0.05) is 36.8 Å². The van der Waals surface area contributed by atoms with Gasteiger partial charge in [-0.1, -0.05) is 0 Å². The molecule has 0 fully saturated rings. The molecule has 0 aromatic heterocycles.